The van der Waals surface area contributed by atoms with E-state index in [4.69, 9.17) is 0 Å². The molecule has 4 rings (SSSR count). The zero-order valence-corrected chi connectivity index (χ0v) is 15.9. The second-order valence-electron chi connectivity index (χ2n) is 6.63. The average molecular weight is 391 g/mol. The summed E-state index contributed by atoms with van der Waals surface area (Å²) in [6.45, 7) is 3.28. The lowest BCUT2D eigenvalue weighted by atomic mass is 10.2. The number of carbonyl (C=O) groups excluding carboxylic acids is 1. The van der Waals surface area contributed by atoms with Crippen LogP contribution in [0.25, 0.3) is 16.6 Å². The first-order valence-electron chi connectivity index (χ1n) is 9.02. The SMILES string of the molecule is Cc1nn(CC(=O)Nc2ccccc2F)c(=O)c2nn(-c3ccccc3)c(C)c12. The van der Waals surface area contributed by atoms with Gasteiger partial charge in [-0.3, -0.25) is 9.59 Å². The van der Waals surface area contributed by atoms with Crippen LogP contribution in [0.3, 0.4) is 0 Å². The molecule has 2 aromatic heterocycles. The molecule has 2 aromatic carbocycles. The molecule has 146 valence electrons. The van der Waals surface area contributed by atoms with E-state index in [2.05, 4.69) is 15.5 Å². The number of halogens is 1. The first-order chi connectivity index (χ1) is 14.0. The molecule has 0 atom stereocenters. The molecule has 0 bridgehead atoms. The summed E-state index contributed by atoms with van der Waals surface area (Å²) in [5.41, 5.74) is 2.00. The normalized spacial score (nSPS) is 11.0. The Morgan fingerprint density at radius 3 is 2.45 bits per heavy atom. The van der Waals surface area contributed by atoms with Crippen molar-refractivity contribution in [1.29, 1.82) is 0 Å². The van der Waals surface area contributed by atoms with Crippen LogP contribution in [-0.4, -0.2) is 25.5 Å². The van der Waals surface area contributed by atoms with Gasteiger partial charge in [0.25, 0.3) is 5.56 Å². The van der Waals surface area contributed by atoms with E-state index < -0.39 is 17.3 Å². The number of aromatic nitrogens is 4. The highest BCUT2D eigenvalue weighted by Gasteiger charge is 2.18. The van der Waals surface area contributed by atoms with Crippen LogP contribution in [-0.2, 0) is 11.3 Å². The van der Waals surface area contributed by atoms with Crippen LogP contribution >= 0.6 is 0 Å². The molecule has 0 aliphatic carbocycles. The van der Waals surface area contributed by atoms with Crippen molar-refractivity contribution in [2.24, 2.45) is 0 Å². The number of amides is 1. The smallest absolute Gasteiger partial charge is 0.295 e. The van der Waals surface area contributed by atoms with Crippen molar-refractivity contribution in [3.05, 3.63) is 82.2 Å². The highest BCUT2D eigenvalue weighted by Crippen LogP contribution is 2.21. The third-order valence-electron chi connectivity index (χ3n) is 4.63. The summed E-state index contributed by atoms with van der Waals surface area (Å²) in [6.07, 6.45) is 0. The Bertz CT molecular complexity index is 1280. The van der Waals surface area contributed by atoms with Gasteiger partial charge in [-0.05, 0) is 38.1 Å². The van der Waals surface area contributed by atoms with Crippen molar-refractivity contribution in [1.82, 2.24) is 19.6 Å². The van der Waals surface area contributed by atoms with E-state index in [1.54, 1.807) is 17.7 Å². The summed E-state index contributed by atoms with van der Waals surface area (Å²) in [5.74, 6) is -1.10. The number of rotatable bonds is 4. The van der Waals surface area contributed by atoms with Crippen molar-refractivity contribution in [2.45, 2.75) is 20.4 Å². The maximum absolute atomic E-state index is 13.7. The molecule has 1 amide bonds. The minimum Gasteiger partial charge on any atom is -0.322 e. The lowest BCUT2D eigenvalue weighted by Crippen LogP contribution is -2.30. The van der Waals surface area contributed by atoms with Gasteiger partial charge in [0, 0.05) is 0 Å². The molecule has 0 saturated carbocycles. The fraction of sp³-hybridized carbons (Fsp3) is 0.143. The molecule has 0 aliphatic heterocycles. The van der Waals surface area contributed by atoms with Crippen LogP contribution in [0.5, 0.6) is 0 Å². The summed E-state index contributed by atoms with van der Waals surface area (Å²) in [6, 6.07) is 15.3. The van der Waals surface area contributed by atoms with Crippen molar-refractivity contribution < 1.29 is 9.18 Å². The summed E-state index contributed by atoms with van der Waals surface area (Å²) in [5, 5.41) is 11.8. The molecular weight excluding hydrogens is 373 g/mol. The zero-order valence-electron chi connectivity index (χ0n) is 15.9. The maximum atomic E-state index is 13.7. The second-order valence-corrected chi connectivity index (χ2v) is 6.63. The van der Waals surface area contributed by atoms with E-state index in [9.17, 15) is 14.0 Å². The van der Waals surface area contributed by atoms with Gasteiger partial charge in [0.15, 0.2) is 5.52 Å². The predicted molar refractivity (Wildman–Crippen MR) is 108 cm³/mol. The number of nitrogens with zero attached hydrogens (tertiary/aromatic N) is 4. The number of benzene rings is 2. The number of anilines is 1. The van der Waals surface area contributed by atoms with Gasteiger partial charge in [-0.15, -0.1) is 0 Å². The van der Waals surface area contributed by atoms with Crippen LogP contribution in [0, 0.1) is 19.7 Å². The first kappa shape index (κ1) is 18.5. The van der Waals surface area contributed by atoms with Gasteiger partial charge in [0.05, 0.1) is 28.1 Å². The summed E-state index contributed by atoms with van der Waals surface area (Å²) in [7, 11) is 0. The Morgan fingerprint density at radius 2 is 1.72 bits per heavy atom. The molecule has 29 heavy (non-hydrogen) atoms. The van der Waals surface area contributed by atoms with Gasteiger partial charge in [-0.1, -0.05) is 30.3 Å². The lowest BCUT2D eigenvalue weighted by molar-refractivity contribution is -0.117. The van der Waals surface area contributed by atoms with E-state index in [1.807, 2.05) is 37.3 Å². The molecule has 7 nitrogen and oxygen atoms in total. The zero-order chi connectivity index (χ0) is 20.5. The first-order valence-corrected chi connectivity index (χ1v) is 9.02. The average Bonchev–Trinajstić information content (AvgIpc) is 3.06. The summed E-state index contributed by atoms with van der Waals surface area (Å²) >= 11 is 0. The molecule has 1 N–H and O–H groups in total. The van der Waals surface area contributed by atoms with Gasteiger partial charge in [-0.25, -0.2) is 13.8 Å². The Labute approximate surface area is 165 Å². The van der Waals surface area contributed by atoms with Crippen molar-refractivity contribution in [2.75, 3.05) is 5.32 Å². The Balaban J connectivity index is 1.71. The van der Waals surface area contributed by atoms with Crippen LogP contribution in [0.15, 0.2) is 59.4 Å². The second kappa shape index (κ2) is 7.31. The summed E-state index contributed by atoms with van der Waals surface area (Å²) in [4.78, 5) is 25.2. The largest absolute Gasteiger partial charge is 0.322 e. The molecule has 4 aromatic rings. The monoisotopic (exact) mass is 391 g/mol. The Kier molecular flexibility index (Phi) is 4.67. The topological polar surface area (TPSA) is 81.8 Å². The number of hydrogen-bond acceptors (Lipinski definition) is 4. The van der Waals surface area contributed by atoms with Crippen LogP contribution in [0.4, 0.5) is 10.1 Å². The Hall–Kier alpha value is -3.81. The highest BCUT2D eigenvalue weighted by atomic mass is 19.1. The minimum absolute atomic E-state index is 0.0487. The van der Waals surface area contributed by atoms with E-state index >= 15 is 0 Å². The van der Waals surface area contributed by atoms with Gasteiger partial charge < -0.3 is 5.32 Å². The number of fused-ring (bicyclic) bond motifs is 1. The molecular formula is C21H18FN5O2. The number of aryl methyl sites for hydroxylation is 2. The molecule has 8 heteroatoms. The van der Waals surface area contributed by atoms with Crippen LogP contribution in [0.2, 0.25) is 0 Å². The quantitative estimate of drug-likeness (QED) is 0.580. The van der Waals surface area contributed by atoms with Gasteiger partial charge >= 0.3 is 0 Å². The van der Waals surface area contributed by atoms with Gasteiger partial charge in [0.1, 0.15) is 12.4 Å². The fourth-order valence-corrected chi connectivity index (χ4v) is 3.30. The predicted octanol–water partition coefficient (Wildman–Crippen LogP) is 2.98. The molecule has 2 heterocycles. The minimum atomic E-state index is -0.553. The molecule has 0 unspecified atom stereocenters. The van der Waals surface area contributed by atoms with E-state index in [0.29, 0.717) is 11.1 Å². The number of nitrogens with one attached hydrogen (secondary N) is 1. The number of para-hydroxylation sites is 2. The Morgan fingerprint density at radius 1 is 1.03 bits per heavy atom. The molecule has 0 radical (unpaired) electrons. The van der Waals surface area contributed by atoms with E-state index in [0.717, 1.165) is 16.1 Å². The van der Waals surface area contributed by atoms with Crippen molar-refractivity contribution in [3.8, 4) is 5.69 Å². The number of hydrogen-bond donors (Lipinski definition) is 1. The third-order valence-corrected chi connectivity index (χ3v) is 4.63. The molecule has 0 aliphatic rings. The van der Waals surface area contributed by atoms with Crippen molar-refractivity contribution in [3.63, 3.8) is 0 Å². The lowest BCUT2D eigenvalue weighted by Gasteiger charge is -2.08. The van der Waals surface area contributed by atoms with Gasteiger partial charge in [-0.2, -0.15) is 10.2 Å². The van der Waals surface area contributed by atoms with Gasteiger partial charge in [0.2, 0.25) is 5.91 Å². The third kappa shape index (κ3) is 3.40. The highest BCUT2D eigenvalue weighted by molar-refractivity contribution is 5.91. The standard InChI is InChI=1S/C21H18FN5O2/c1-13-19-14(2)27(15-8-4-3-5-9-15)25-20(19)21(29)26(24-13)12-18(28)23-17-11-7-6-10-16(17)22/h3-11H,12H2,1-2H3,(H,23,28). The van der Waals surface area contributed by atoms with Crippen LogP contribution in [0.1, 0.15) is 11.4 Å². The van der Waals surface area contributed by atoms with Crippen LogP contribution < -0.4 is 10.9 Å². The molecule has 0 saturated heterocycles. The van der Waals surface area contributed by atoms with E-state index in [1.165, 1.54) is 18.2 Å². The van der Waals surface area contributed by atoms with E-state index in [-0.39, 0.29) is 17.7 Å². The maximum Gasteiger partial charge on any atom is 0.295 e. The van der Waals surface area contributed by atoms with Crippen molar-refractivity contribution >= 4 is 22.5 Å². The fourth-order valence-electron chi connectivity index (χ4n) is 3.30. The summed E-state index contributed by atoms with van der Waals surface area (Å²) < 4.78 is 16.5. The molecule has 0 spiro atoms. The molecule has 0 fully saturated rings. The number of carbonyl (C=O) groups is 1.